The molecule has 2 aromatic carbocycles. The smallest absolute Gasteiger partial charge is 0.322 e. The second kappa shape index (κ2) is 8.65. The third kappa shape index (κ3) is 3.96. The normalized spacial score (nSPS) is 20.1. The number of urea groups is 1. The quantitative estimate of drug-likeness (QED) is 0.530. The first-order chi connectivity index (χ1) is 16.7. The summed E-state index contributed by atoms with van der Waals surface area (Å²) >= 11 is 0. The molecule has 3 heterocycles. The number of imide groups is 1. The lowest BCUT2D eigenvalue weighted by Gasteiger charge is -2.29. The van der Waals surface area contributed by atoms with Crippen molar-refractivity contribution in [2.45, 2.75) is 39.3 Å². The lowest BCUT2D eigenvalue weighted by molar-refractivity contribution is -0.136. The number of carbonyl (C=O) groups is 5. The van der Waals surface area contributed by atoms with E-state index in [4.69, 9.17) is 0 Å². The Morgan fingerprint density at radius 3 is 2.26 bits per heavy atom. The number of Topliss-reactive ketones (excluding diaryl/α,β-unsaturated/α-hetero) is 1. The number of ketones is 1. The Morgan fingerprint density at radius 1 is 0.943 bits per heavy atom. The summed E-state index contributed by atoms with van der Waals surface area (Å²) in [4.78, 5) is 66.9. The molecule has 0 spiro atoms. The van der Waals surface area contributed by atoms with E-state index in [0.29, 0.717) is 36.3 Å². The number of amides is 5. The molecule has 0 bridgehead atoms. The standard InChI is InChI=1S/C26H26N4O5/c1-15(2)23(32)16-3-5-18(6-4-16)28-11-12-29(26(28)35)19-7-8-20-17(13-19)14-30(25(20)34)21-9-10-22(31)27-24(21)33/h3-8,13,15,21H,9-12,14H2,1-2H3,(H,27,31,33). The maximum absolute atomic E-state index is 13.2. The van der Waals surface area contributed by atoms with Crippen LogP contribution >= 0.6 is 0 Å². The lowest BCUT2D eigenvalue weighted by atomic mass is 10.0. The van der Waals surface area contributed by atoms with Gasteiger partial charge < -0.3 is 4.90 Å². The molecule has 0 radical (unpaired) electrons. The van der Waals surface area contributed by atoms with Crippen LogP contribution in [0.2, 0.25) is 0 Å². The largest absolute Gasteiger partial charge is 0.329 e. The van der Waals surface area contributed by atoms with Gasteiger partial charge in [-0.3, -0.25) is 34.3 Å². The van der Waals surface area contributed by atoms with Crippen molar-refractivity contribution in [1.29, 1.82) is 0 Å². The monoisotopic (exact) mass is 474 g/mol. The molecule has 1 N–H and O–H groups in total. The van der Waals surface area contributed by atoms with Crippen LogP contribution < -0.4 is 15.1 Å². The van der Waals surface area contributed by atoms with Crippen LogP contribution in [-0.4, -0.2) is 53.6 Å². The molecule has 180 valence electrons. The molecule has 0 aromatic heterocycles. The summed E-state index contributed by atoms with van der Waals surface area (Å²) in [6.07, 6.45) is 0.505. The van der Waals surface area contributed by atoms with E-state index in [1.54, 1.807) is 46.2 Å². The molecule has 5 rings (SSSR count). The fourth-order valence-corrected chi connectivity index (χ4v) is 4.88. The molecule has 0 aliphatic carbocycles. The number of fused-ring (bicyclic) bond motifs is 1. The molecule has 2 aromatic rings. The molecule has 5 amide bonds. The number of hydrogen-bond donors (Lipinski definition) is 1. The highest BCUT2D eigenvalue weighted by Crippen LogP contribution is 2.32. The van der Waals surface area contributed by atoms with E-state index in [0.717, 1.165) is 11.3 Å². The van der Waals surface area contributed by atoms with Crippen LogP contribution in [0.25, 0.3) is 0 Å². The van der Waals surface area contributed by atoms with E-state index in [1.807, 2.05) is 19.9 Å². The zero-order chi connectivity index (χ0) is 24.9. The molecule has 9 nitrogen and oxygen atoms in total. The molecule has 1 atom stereocenters. The molecule has 0 saturated carbocycles. The van der Waals surface area contributed by atoms with Gasteiger partial charge in [-0.1, -0.05) is 13.8 Å². The summed E-state index contributed by atoms with van der Waals surface area (Å²) in [5, 5.41) is 2.30. The van der Waals surface area contributed by atoms with E-state index in [9.17, 15) is 24.0 Å². The van der Waals surface area contributed by atoms with Crippen LogP contribution in [0.4, 0.5) is 16.2 Å². The number of hydrogen-bond acceptors (Lipinski definition) is 5. The van der Waals surface area contributed by atoms with Crippen LogP contribution in [0.1, 0.15) is 53.0 Å². The summed E-state index contributed by atoms with van der Waals surface area (Å²) in [6, 6.07) is 11.5. The topological polar surface area (TPSA) is 107 Å². The highest BCUT2D eigenvalue weighted by molar-refractivity contribution is 6.08. The number of anilines is 2. The molecule has 3 aliphatic rings. The summed E-state index contributed by atoms with van der Waals surface area (Å²) in [6.45, 7) is 4.94. The van der Waals surface area contributed by atoms with Gasteiger partial charge in [0, 0.05) is 54.5 Å². The third-order valence-corrected chi connectivity index (χ3v) is 6.82. The zero-order valence-corrected chi connectivity index (χ0v) is 19.6. The summed E-state index contributed by atoms with van der Waals surface area (Å²) < 4.78 is 0. The lowest BCUT2D eigenvalue weighted by Crippen LogP contribution is -2.52. The van der Waals surface area contributed by atoms with Crippen molar-refractivity contribution in [1.82, 2.24) is 10.2 Å². The maximum atomic E-state index is 13.2. The second-order valence-corrected chi connectivity index (χ2v) is 9.39. The molecule has 2 fully saturated rings. The van der Waals surface area contributed by atoms with E-state index < -0.39 is 11.9 Å². The van der Waals surface area contributed by atoms with Crippen molar-refractivity contribution in [2.24, 2.45) is 5.92 Å². The number of benzene rings is 2. The average Bonchev–Trinajstić information content (AvgIpc) is 3.38. The van der Waals surface area contributed by atoms with Crippen molar-refractivity contribution in [3.63, 3.8) is 0 Å². The first-order valence-corrected chi connectivity index (χ1v) is 11.8. The highest BCUT2D eigenvalue weighted by Gasteiger charge is 2.40. The molecular formula is C26H26N4O5. The van der Waals surface area contributed by atoms with Crippen LogP contribution in [-0.2, 0) is 16.1 Å². The van der Waals surface area contributed by atoms with Gasteiger partial charge in [-0.15, -0.1) is 0 Å². The first-order valence-electron chi connectivity index (χ1n) is 11.8. The van der Waals surface area contributed by atoms with Gasteiger partial charge in [0.05, 0.1) is 0 Å². The molecule has 2 saturated heterocycles. The summed E-state index contributed by atoms with van der Waals surface area (Å²) in [5.41, 5.74) is 3.28. The van der Waals surface area contributed by atoms with Gasteiger partial charge >= 0.3 is 6.03 Å². The summed E-state index contributed by atoms with van der Waals surface area (Å²) in [5.74, 6) is -1.05. The third-order valence-electron chi connectivity index (χ3n) is 6.82. The van der Waals surface area contributed by atoms with Crippen LogP contribution in [0.15, 0.2) is 42.5 Å². The zero-order valence-electron chi connectivity index (χ0n) is 19.6. The Labute approximate surface area is 202 Å². The van der Waals surface area contributed by atoms with Crippen LogP contribution in [0.5, 0.6) is 0 Å². The Hall–Kier alpha value is -4.01. The van der Waals surface area contributed by atoms with Crippen molar-refractivity contribution >= 4 is 40.9 Å². The molecule has 35 heavy (non-hydrogen) atoms. The molecule has 1 unspecified atom stereocenters. The Morgan fingerprint density at radius 2 is 1.60 bits per heavy atom. The van der Waals surface area contributed by atoms with Crippen LogP contribution in [0.3, 0.4) is 0 Å². The molecule has 9 heteroatoms. The van der Waals surface area contributed by atoms with Crippen molar-refractivity contribution < 1.29 is 24.0 Å². The molecule has 3 aliphatic heterocycles. The van der Waals surface area contributed by atoms with E-state index in [2.05, 4.69) is 5.32 Å². The van der Waals surface area contributed by atoms with Crippen molar-refractivity contribution in [3.05, 3.63) is 59.2 Å². The van der Waals surface area contributed by atoms with Gasteiger partial charge in [0.1, 0.15) is 6.04 Å². The van der Waals surface area contributed by atoms with E-state index in [-0.39, 0.29) is 42.5 Å². The Balaban J connectivity index is 1.32. The van der Waals surface area contributed by atoms with Gasteiger partial charge in [-0.25, -0.2) is 4.79 Å². The predicted molar refractivity (Wildman–Crippen MR) is 128 cm³/mol. The number of carbonyl (C=O) groups excluding carboxylic acids is 5. The van der Waals surface area contributed by atoms with Gasteiger partial charge in [0.25, 0.3) is 5.91 Å². The predicted octanol–water partition coefficient (Wildman–Crippen LogP) is 2.73. The van der Waals surface area contributed by atoms with Gasteiger partial charge in [-0.05, 0) is 54.4 Å². The Kier molecular flexibility index (Phi) is 5.62. The number of nitrogens with one attached hydrogen (secondary N) is 1. The number of piperidine rings is 1. The first kappa shape index (κ1) is 22.8. The SMILES string of the molecule is CC(C)C(=O)c1ccc(N2CCN(c3ccc4c(c3)CN(C3CCC(=O)NC3=O)C4=O)C2=O)cc1. The number of nitrogens with zero attached hydrogens (tertiary/aromatic N) is 3. The fraction of sp³-hybridized carbons (Fsp3) is 0.346. The Bertz CT molecular complexity index is 1250. The minimum Gasteiger partial charge on any atom is -0.322 e. The maximum Gasteiger partial charge on any atom is 0.329 e. The van der Waals surface area contributed by atoms with E-state index >= 15 is 0 Å². The van der Waals surface area contributed by atoms with Gasteiger partial charge in [-0.2, -0.15) is 0 Å². The number of rotatable bonds is 5. The minimum absolute atomic E-state index is 0.0602. The molecular weight excluding hydrogens is 448 g/mol. The van der Waals surface area contributed by atoms with Gasteiger partial charge in [0.2, 0.25) is 11.8 Å². The fourth-order valence-electron chi connectivity index (χ4n) is 4.88. The summed E-state index contributed by atoms with van der Waals surface area (Å²) in [7, 11) is 0. The van der Waals surface area contributed by atoms with Gasteiger partial charge in [0.15, 0.2) is 5.78 Å². The highest BCUT2D eigenvalue weighted by atomic mass is 16.2. The van der Waals surface area contributed by atoms with Crippen molar-refractivity contribution in [2.75, 3.05) is 22.9 Å². The van der Waals surface area contributed by atoms with Crippen molar-refractivity contribution in [3.8, 4) is 0 Å². The van der Waals surface area contributed by atoms with E-state index in [1.165, 1.54) is 4.90 Å². The minimum atomic E-state index is -0.675. The second-order valence-electron chi connectivity index (χ2n) is 9.39. The van der Waals surface area contributed by atoms with Crippen LogP contribution in [0, 0.1) is 5.92 Å². The average molecular weight is 475 g/mol.